The van der Waals surface area contributed by atoms with Crippen LogP contribution in [0, 0.1) is 13.8 Å². The number of rotatable bonds is 8. The van der Waals surface area contributed by atoms with E-state index in [9.17, 15) is 35.5 Å². The van der Waals surface area contributed by atoms with Crippen LogP contribution >= 0.6 is 0 Å². The number of hydrogen-bond acceptors (Lipinski definition) is 10. The summed E-state index contributed by atoms with van der Waals surface area (Å²) in [7, 11) is -9.59. The number of aryl methyl sites for hydroxylation is 2. The molecule has 0 aromatic heterocycles. The molecule has 0 saturated heterocycles. The van der Waals surface area contributed by atoms with Crippen LogP contribution in [-0.2, 0) is 33.1 Å². The van der Waals surface area contributed by atoms with Gasteiger partial charge in [0, 0.05) is 22.5 Å². The average Bonchev–Trinajstić information content (AvgIpc) is 2.97. The van der Waals surface area contributed by atoms with Crippen LogP contribution in [0.5, 0.6) is 0 Å². The van der Waals surface area contributed by atoms with Gasteiger partial charge in [-0.2, -0.15) is 0 Å². The zero-order valence-electron chi connectivity index (χ0n) is 26.3. The Balaban J connectivity index is 0.00000288. The van der Waals surface area contributed by atoms with E-state index in [4.69, 9.17) is 0 Å². The van der Waals surface area contributed by atoms with Crippen molar-refractivity contribution in [1.82, 2.24) is 0 Å². The molecule has 0 spiro atoms. The molecule has 0 radical (unpaired) electrons. The van der Waals surface area contributed by atoms with Gasteiger partial charge in [-0.1, -0.05) is 38.1 Å². The predicted molar refractivity (Wildman–Crippen MR) is 163 cm³/mol. The van der Waals surface area contributed by atoms with Crippen molar-refractivity contribution in [1.29, 1.82) is 0 Å². The monoisotopic (exact) mass is 678 g/mol. The minimum Gasteiger partial charge on any atom is -0.744 e. The molecule has 2 N–H and O–H groups in total. The molecule has 0 unspecified atom stereocenters. The molecule has 0 fully saturated rings. The van der Waals surface area contributed by atoms with Crippen molar-refractivity contribution in [3.8, 4) is 0 Å². The van der Waals surface area contributed by atoms with E-state index in [-0.39, 0.29) is 104 Å². The van der Waals surface area contributed by atoms with Crippen molar-refractivity contribution in [2.75, 3.05) is 10.6 Å². The quantitative estimate of drug-likeness (QED) is 0.161. The minimum absolute atomic E-state index is 0. The van der Waals surface area contributed by atoms with E-state index in [0.717, 1.165) is 0 Å². The number of hydrogen-bond donors (Lipinski definition) is 2. The summed E-state index contributed by atoms with van der Waals surface area (Å²) in [6, 6.07) is 14.4. The van der Waals surface area contributed by atoms with E-state index in [2.05, 4.69) is 10.6 Å². The zero-order chi connectivity index (χ0) is 32.1. The van der Waals surface area contributed by atoms with Crippen molar-refractivity contribution in [2.45, 2.75) is 50.3 Å². The van der Waals surface area contributed by atoms with E-state index < -0.39 is 41.6 Å². The van der Waals surface area contributed by atoms with Crippen molar-refractivity contribution >= 4 is 54.6 Å². The Kier molecular flexibility index (Phi) is 11.9. The molecule has 4 aromatic carbocycles. The molecular formula is C32H28N2Na2O8S2. The van der Waals surface area contributed by atoms with E-state index in [0.29, 0.717) is 35.1 Å². The molecule has 0 bridgehead atoms. The Morgan fingerprint density at radius 2 is 0.935 bits per heavy atom. The summed E-state index contributed by atoms with van der Waals surface area (Å²) in [5.74, 6) is -0.937. The number of fused-ring (bicyclic) bond motifs is 2. The van der Waals surface area contributed by atoms with Crippen LogP contribution in [0.1, 0.15) is 67.9 Å². The maximum Gasteiger partial charge on any atom is 1.00 e. The first-order valence-corrected chi connectivity index (χ1v) is 16.6. The smallest absolute Gasteiger partial charge is 0.744 e. The molecule has 0 heterocycles. The van der Waals surface area contributed by atoms with Crippen LogP contribution < -0.4 is 69.7 Å². The van der Waals surface area contributed by atoms with Crippen LogP contribution in [0.15, 0.2) is 70.5 Å². The summed E-state index contributed by atoms with van der Waals surface area (Å²) in [5, 5.41) is 6.19. The Hall–Kier alpha value is -2.36. The minimum atomic E-state index is -4.80. The van der Waals surface area contributed by atoms with Gasteiger partial charge in [-0.15, -0.1) is 0 Å². The first kappa shape index (κ1) is 38.1. The summed E-state index contributed by atoms with van der Waals surface area (Å²) < 4.78 is 71.5. The normalized spacial score (nSPS) is 12.4. The van der Waals surface area contributed by atoms with Gasteiger partial charge >= 0.3 is 59.1 Å². The largest absolute Gasteiger partial charge is 1.00 e. The molecule has 5 rings (SSSR count). The number of anilines is 4. The second kappa shape index (κ2) is 14.4. The van der Waals surface area contributed by atoms with Crippen molar-refractivity contribution in [2.24, 2.45) is 0 Å². The second-order valence-electron chi connectivity index (χ2n) is 10.5. The molecule has 14 heteroatoms. The van der Waals surface area contributed by atoms with Gasteiger partial charge < -0.3 is 19.7 Å². The van der Waals surface area contributed by atoms with E-state index in [1.54, 1.807) is 26.0 Å². The number of benzene rings is 4. The van der Waals surface area contributed by atoms with E-state index >= 15 is 0 Å². The summed E-state index contributed by atoms with van der Waals surface area (Å²) in [6.45, 7) is 7.12. The summed E-state index contributed by atoms with van der Waals surface area (Å²) in [4.78, 5) is 27.1. The first-order valence-electron chi connectivity index (χ1n) is 13.7. The fourth-order valence-corrected chi connectivity index (χ4v) is 6.59. The topological polar surface area (TPSA) is 173 Å². The zero-order valence-corrected chi connectivity index (χ0v) is 31.9. The van der Waals surface area contributed by atoms with Gasteiger partial charge in [0.2, 0.25) is 0 Å². The summed E-state index contributed by atoms with van der Waals surface area (Å²) >= 11 is 0. The number of carbonyl (C=O) groups excluding carboxylic acids is 2. The maximum absolute atomic E-state index is 14.0. The molecule has 4 aromatic rings. The third-order valence-electron chi connectivity index (χ3n) is 7.93. The van der Waals surface area contributed by atoms with Crippen LogP contribution in [0.4, 0.5) is 22.7 Å². The fraction of sp³-hybridized carbons (Fsp3) is 0.188. The molecular weight excluding hydrogens is 650 g/mol. The third kappa shape index (κ3) is 7.21. The molecule has 10 nitrogen and oxygen atoms in total. The molecule has 1 aliphatic rings. The summed E-state index contributed by atoms with van der Waals surface area (Å²) in [5.41, 5.74) is 3.85. The molecule has 1 aliphatic carbocycles. The molecule has 228 valence electrons. The van der Waals surface area contributed by atoms with Gasteiger partial charge in [-0.05, 0) is 85.3 Å². The Morgan fingerprint density at radius 1 is 0.587 bits per heavy atom. The summed E-state index contributed by atoms with van der Waals surface area (Å²) in [6.07, 6.45) is 0.875. The van der Waals surface area contributed by atoms with Gasteiger partial charge in [0.25, 0.3) is 0 Å². The first-order chi connectivity index (χ1) is 20.6. The van der Waals surface area contributed by atoms with Crippen LogP contribution in [0.2, 0.25) is 0 Å². The van der Waals surface area contributed by atoms with Crippen LogP contribution in [-0.4, -0.2) is 37.5 Å². The fourth-order valence-electron chi connectivity index (χ4n) is 5.49. The van der Waals surface area contributed by atoms with E-state index in [1.165, 1.54) is 48.5 Å². The van der Waals surface area contributed by atoms with Crippen molar-refractivity contribution in [3.63, 3.8) is 0 Å². The van der Waals surface area contributed by atoms with Crippen LogP contribution in [0.3, 0.4) is 0 Å². The van der Waals surface area contributed by atoms with Gasteiger partial charge in [0.15, 0.2) is 11.6 Å². The number of carbonyl (C=O) groups is 2. The Morgan fingerprint density at radius 3 is 1.24 bits per heavy atom. The number of ketones is 2. The van der Waals surface area contributed by atoms with Gasteiger partial charge in [0.1, 0.15) is 20.2 Å². The predicted octanol–water partition coefficient (Wildman–Crippen LogP) is -0.493. The Labute approximate surface area is 312 Å². The van der Waals surface area contributed by atoms with Crippen molar-refractivity contribution in [3.05, 3.63) is 105 Å². The molecule has 0 saturated carbocycles. The molecule has 0 aliphatic heterocycles. The standard InChI is InChI=1S/C32H30N2O8S2.2Na/c1-5-19-13-21(43(37,38)39)15-27(17(19)3)33-25-11-12-26(30-29(25)31(35)23-9-7-8-10-24(23)32(30)36)34-28-16-22(44(40,41)42)14-20(6-2)18(28)4;;/h7-16,33-34H,5-6H2,1-4H3,(H,37,38,39)(H,40,41,42);;/q;2*+1/p-2. The van der Waals surface area contributed by atoms with Crippen molar-refractivity contribution < 1.29 is 94.6 Å². The molecule has 0 amide bonds. The maximum atomic E-state index is 14.0. The average molecular weight is 679 g/mol. The number of nitrogens with one attached hydrogen (secondary N) is 2. The third-order valence-corrected chi connectivity index (χ3v) is 9.56. The molecule has 0 atom stereocenters. The Bertz CT molecular complexity index is 1970. The van der Waals surface area contributed by atoms with Gasteiger partial charge in [-0.25, -0.2) is 16.8 Å². The van der Waals surface area contributed by atoms with Gasteiger partial charge in [0.05, 0.1) is 32.3 Å². The van der Waals surface area contributed by atoms with Gasteiger partial charge in [-0.3, -0.25) is 9.59 Å². The second-order valence-corrected chi connectivity index (χ2v) is 13.2. The molecule has 46 heavy (non-hydrogen) atoms. The van der Waals surface area contributed by atoms with E-state index in [1.807, 2.05) is 13.8 Å². The SMILES string of the molecule is CCc1cc(S(=O)(=O)[O-])cc(Nc2ccc(Nc3cc(S(=O)(=O)[O-])cc(CC)c3C)c3c2C(=O)c2ccccc2C3=O)c1C.[Na+].[Na+]. The van der Waals surface area contributed by atoms with Crippen LogP contribution in [0.25, 0.3) is 0 Å².